The van der Waals surface area contributed by atoms with Crippen LogP contribution >= 0.6 is 11.6 Å². The molecule has 0 atom stereocenters. The molecule has 0 aromatic heterocycles. The summed E-state index contributed by atoms with van der Waals surface area (Å²) in [4.78, 5) is 0. The van der Waals surface area contributed by atoms with Crippen LogP contribution in [0.4, 0.5) is 27.2 Å². The lowest BCUT2D eigenvalue weighted by atomic mass is 10.1. The van der Waals surface area contributed by atoms with Gasteiger partial charge >= 0.3 is 0 Å². The maximum absolute atomic E-state index is 13.5. The van der Waals surface area contributed by atoms with Crippen molar-refractivity contribution in [1.29, 1.82) is 0 Å². The second kappa shape index (κ2) is 7.23. The molecule has 0 aliphatic heterocycles. The first-order valence-corrected chi connectivity index (χ1v) is 7.91. The molecule has 0 saturated heterocycles. The molecule has 0 heterocycles. The van der Waals surface area contributed by atoms with Gasteiger partial charge < -0.3 is 0 Å². The standard InChI is InChI=1S/C19H17ClFN3/c1-14-12-13-17(19(22-21)18(14)20)24(16-10-6-3-7-11-16)23-15-8-4-2-5-9-15/h2-13,22-23H,1H3. The van der Waals surface area contributed by atoms with Gasteiger partial charge in [-0.05, 0) is 42.8 Å². The number of aryl methyl sites for hydroxylation is 1. The van der Waals surface area contributed by atoms with E-state index in [2.05, 4.69) is 5.43 Å². The van der Waals surface area contributed by atoms with E-state index in [1.54, 1.807) is 10.5 Å². The molecule has 0 saturated carbocycles. The van der Waals surface area contributed by atoms with Crippen LogP contribution in [0.5, 0.6) is 0 Å². The van der Waals surface area contributed by atoms with Gasteiger partial charge in [0.1, 0.15) is 5.69 Å². The van der Waals surface area contributed by atoms with E-state index in [-0.39, 0.29) is 5.69 Å². The van der Waals surface area contributed by atoms with E-state index < -0.39 is 0 Å². The number of hydrazine groups is 1. The molecule has 0 amide bonds. The third kappa shape index (κ3) is 3.29. The Labute approximate surface area is 145 Å². The van der Waals surface area contributed by atoms with E-state index >= 15 is 0 Å². The molecule has 24 heavy (non-hydrogen) atoms. The minimum atomic E-state index is 0.226. The van der Waals surface area contributed by atoms with Crippen molar-refractivity contribution in [3.63, 3.8) is 0 Å². The second-order valence-electron chi connectivity index (χ2n) is 5.33. The Bertz CT molecular complexity index is 810. The fourth-order valence-electron chi connectivity index (χ4n) is 2.43. The van der Waals surface area contributed by atoms with Crippen LogP contribution in [0.2, 0.25) is 5.02 Å². The van der Waals surface area contributed by atoms with E-state index in [4.69, 9.17) is 11.6 Å². The number of halogens is 2. The normalized spacial score (nSPS) is 10.3. The predicted molar refractivity (Wildman–Crippen MR) is 99.6 cm³/mol. The lowest BCUT2D eigenvalue weighted by Crippen LogP contribution is -2.25. The van der Waals surface area contributed by atoms with E-state index in [1.807, 2.05) is 79.7 Å². The van der Waals surface area contributed by atoms with Gasteiger partial charge in [0, 0.05) is 0 Å². The molecule has 3 aromatic rings. The topological polar surface area (TPSA) is 27.3 Å². The van der Waals surface area contributed by atoms with Crippen molar-refractivity contribution in [2.24, 2.45) is 0 Å². The molecule has 0 radical (unpaired) electrons. The van der Waals surface area contributed by atoms with Crippen molar-refractivity contribution in [1.82, 2.24) is 0 Å². The van der Waals surface area contributed by atoms with Crippen LogP contribution in [-0.2, 0) is 0 Å². The smallest absolute Gasteiger partial charge is 0.110 e. The third-order valence-electron chi connectivity index (χ3n) is 3.68. The Morgan fingerprint density at radius 1 is 0.875 bits per heavy atom. The zero-order valence-electron chi connectivity index (χ0n) is 13.1. The minimum Gasteiger partial charge on any atom is -0.294 e. The highest BCUT2D eigenvalue weighted by molar-refractivity contribution is 6.34. The number of benzene rings is 3. The Kier molecular flexibility index (Phi) is 4.87. The van der Waals surface area contributed by atoms with Gasteiger partial charge in [0.2, 0.25) is 0 Å². The van der Waals surface area contributed by atoms with Crippen LogP contribution in [0, 0.1) is 6.92 Å². The summed E-state index contributed by atoms with van der Waals surface area (Å²) < 4.78 is 13.5. The Morgan fingerprint density at radius 2 is 1.50 bits per heavy atom. The van der Waals surface area contributed by atoms with Crippen molar-refractivity contribution in [2.75, 3.05) is 16.0 Å². The summed E-state index contributed by atoms with van der Waals surface area (Å²) in [5, 5.41) is 2.15. The monoisotopic (exact) mass is 341 g/mol. The number of nitrogens with zero attached hydrogens (tertiary/aromatic N) is 1. The van der Waals surface area contributed by atoms with Gasteiger partial charge in [-0.3, -0.25) is 10.4 Å². The maximum Gasteiger partial charge on any atom is 0.110 e. The summed E-state index contributed by atoms with van der Waals surface area (Å²) in [6.45, 7) is 1.84. The van der Waals surface area contributed by atoms with Gasteiger partial charge in [-0.2, -0.15) is 0 Å². The molecule has 3 aromatic carbocycles. The summed E-state index contributed by atoms with van der Waals surface area (Å²) in [6.07, 6.45) is 0. The molecule has 0 spiro atoms. The summed E-state index contributed by atoms with van der Waals surface area (Å²) in [5.41, 5.74) is 8.38. The highest BCUT2D eigenvalue weighted by Crippen LogP contribution is 2.39. The average molecular weight is 342 g/mol. The zero-order chi connectivity index (χ0) is 16.9. The van der Waals surface area contributed by atoms with Crippen LogP contribution in [0.15, 0.2) is 72.8 Å². The molecule has 122 valence electrons. The van der Waals surface area contributed by atoms with Crippen molar-refractivity contribution in [3.8, 4) is 0 Å². The van der Waals surface area contributed by atoms with Crippen molar-refractivity contribution in [3.05, 3.63) is 83.4 Å². The van der Waals surface area contributed by atoms with Crippen LogP contribution in [0.1, 0.15) is 5.56 Å². The molecule has 0 unspecified atom stereocenters. The Morgan fingerprint density at radius 3 is 2.12 bits per heavy atom. The number of rotatable bonds is 5. The van der Waals surface area contributed by atoms with Crippen molar-refractivity contribution >= 4 is 34.4 Å². The van der Waals surface area contributed by atoms with Crippen LogP contribution < -0.4 is 16.0 Å². The lowest BCUT2D eigenvalue weighted by molar-refractivity contribution is 0.617. The largest absolute Gasteiger partial charge is 0.294 e. The zero-order valence-corrected chi connectivity index (χ0v) is 13.9. The summed E-state index contributed by atoms with van der Waals surface area (Å²) in [5.74, 6) is 0. The number of para-hydroxylation sites is 2. The fourth-order valence-corrected chi connectivity index (χ4v) is 2.62. The highest BCUT2D eigenvalue weighted by Gasteiger charge is 2.17. The number of hydrogen-bond donors (Lipinski definition) is 2. The quantitative estimate of drug-likeness (QED) is 0.433. The Balaban J connectivity index is 2.10. The van der Waals surface area contributed by atoms with E-state index in [1.165, 1.54) is 0 Å². The van der Waals surface area contributed by atoms with E-state index in [0.29, 0.717) is 10.7 Å². The number of anilines is 4. The Hall–Kier alpha value is -2.72. The van der Waals surface area contributed by atoms with Crippen molar-refractivity contribution < 1.29 is 4.48 Å². The summed E-state index contributed by atoms with van der Waals surface area (Å²) in [6, 6.07) is 23.0. The van der Waals surface area contributed by atoms with Gasteiger partial charge in [0.05, 0.1) is 22.1 Å². The van der Waals surface area contributed by atoms with Gasteiger partial charge in [-0.15, -0.1) is 4.48 Å². The van der Waals surface area contributed by atoms with E-state index in [0.717, 1.165) is 16.9 Å². The molecular weight excluding hydrogens is 325 g/mol. The predicted octanol–water partition coefficient (Wildman–Crippen LogP) is 6.11. The molecule has 0 aliphatic rings. The summed E-state index contributed by atoms with van der Waals surface area (Å²) in [7, 11) is 0. The molecule has 0 fully saturated rings. The molecule has 2 N–H and O–H groups in total. The fraction of sp³-hybridized carbons (Fsp3) is 0.0526. The molecular formula is C19H17ClFN3. The SMILES string of the molecule is Cc1ccc(N(Nc2ccccc2)c2ccccc2)c(NF)c1Cl. The van der Waals surface area contributed by atoms with Crippen molar-refractivity contribution in [2.45, 2.75) is 6.92 Å². The first kappa shape index (κ1) is 16.1. The average Bonchev–Trinajstić information content (AvgIpc) is 2.64. The molecule has 3 nitrogen and oxygen atoms in total. The van der Waals surface area contributed by atoms with Gasteiger partial charge in [0.15, 0.2) is 0 Å². The second-order valence-corrected chi connectivity index (χ2v) is 5.71. The van der Waals surface area contributed by atoms with E-state index in [9.17, 15) is 4.48 Å². The minimum absolute atomic E-state index is 0.226. The molecule has 3 rings (SSSR count). The van der Waals surface area contributed by atoms with Crippen LogP contribution in [-0.4, -0.2) is 0 Å². The molecule has 0 bridgehead atoms. The molecule has 5 heteroatoms. The summed E-state index contributed by atoms with van der Waals surface area (Å²) >= 11 is 6.28. The number of nitrogens with one attached hydrogen (secondary N) is 2. The van der Waals surface area contributed by atoms with Gasteiger partial charge in [-0.1, -0.05) is 54.1 Å². The van der Waals surface area contributed by atoms with Gasteiger partial charge in [0.25, 0.3) is 0 Å². The first-order chi connectivity index (χ1) is 11.7. The van der Waals surface area contributed by atoms with Gasteiger partial charge in [-0.25, -0.2) is 5.54 Å². The highest BCUT2D eigenvalue weighted by atomic mass is 35.5. The third-order valence-corrected chi connectivity index (χ3v) is 4.16. The first-order valence-electron chi connectivity index (χ1n) is 7.53. The van der Waals surface area contributed by atoms with Crippen LogP contribution in [0.25, 0.3) is 0 Å². The molecule has 0 aliphatic carbocycles. The van der Waals surface area contributed by atoms with Crippen LogP contribution in [0.3, 0.4) is 0 Å². The maximum atomic E-state index is 13.5. The number of hydrogen-bond acceptors (Lipinski definition) is 3. The lowest BCUT2D eigenvalue weighted by Gasteiger charge is -2.28.